The van der Waals surface area contributed by atoms with E-state index in [1.165, 1.54) is 0 Å². The number of methoxy groups -OCH3 is 1. The van der Waals surface area contributed by atoms with Crippen LogP contribution in [0.5, 0.6) is 0 Å². The molecule has 22 heavy (non-hydrogen) atoms. The third kappa shape index (κ3) is 4.99. The Morgan fingerprint density at radius 3 is 2.77 bits per heavy atom. The first-order valence-electron chi connectivity index (χ1n) is 7.54. The number of sulfonamides is 1. The molecule has 0 aliphatic carbocycles. The molecular formula is C14H25N3O3S2. The van der Waals surface area contributed by atoms with Gasteiger partial charge in [0.25, 0.3) is 0 Å². The van der Waals surface area contributed by atoms with Gasteiger partial charge in [0, 0.05) is 38.7 Å². The molecule has 8 heteroatoms. The van der Waals surface area contributed by atoms with Crippen LogP contribution >= 0.6 is 11.3 Å². The Bertz CT molecular complexity index is 574. The Balaban J connectivity index is 1.91. The second-order valence-corrected chi connectivity index (χ2v) is 8.79. The van der Waals surface area contributed by atoms with Crippen molar-refractivity contribution in [2.24, 2.45) is 0 Å². The van der Waals surface area contributed by atoms with Gasteiger partial charge in [-0.05, 0) is 26.8 Å². The van der Waals surface area contributed by atoms with E-state index in [-0.39, 0.29) is 11.9 Å². The van der Waals surface area contributed by atoms with Crippen molar-refractivity contribution in [2.45, 2.75) is 32.9 Å². The fourth-order valence-electron chi connectivity index (χ4n) is 2.56. The molecule has 0 saturated carbocycles. The highest BCUT2D eigenvalue weighted by molar-refractivity contribution is 7.89. The smallest absolute Gasteiger partial charge is 0.216 e. The molecule has 0 bridgehead atoms. The Labute approximate surface area is 137 Å². The topological polar surface area (TPSA) is 62.7 Å². The van der Waals surface area contributed by atoms with Gasteiger partial charge in [-0.3, -0.25) is 4.90 Å². The molecule has 1 aromatic heterocycles. The van der Waals surface area contributed by atoms with E-state index in [4.69, 9.17) is 4.74 Å². The van der Waals surface area contributed by atoms with Crippen molar-refractivity contribution in [3.05, 3.63) is 16.1 Å². The van der Waals surface area contributed by atoms with E-state index in [0.717, 1.165) is 36.8 Å². The van der Waals surface area contributed by atoms with Gasteiger partial charge in [-0.15, -0.1) is 11.3 Å². The molecule has 0 radical (unpaired) electrons. The maximum atomic E-state index is 12.4. The van der Waals surface area contributed by atoms with E-state index >= 15 is 0 Å². The number of rotatable bonds is 6. The zero-order valence-corrected chi connectivity index (χ0v) is 15.1. The van der Waals surface area contributed by atoms with Crippen molar-refractivity contribution >= 4 is 21.4 Å². The molecule has 1 atom stereocenters. The molecule has 2 rings (SSSR count). The van der Waals surface area contributed by atoms with Crippen LogP contribution in [0.15, 0.2) is 5.38 Å². The van der Waals surface area contributed by atoms with Crippen molar-refractivity contribution in [2.75, 3.05) is 39.0 Å². The molecule has 1 saturated heterocycles. The Morgan fingerprint density at radius 1 is 1.36 bits per heavy atom. The van der Waals surface area contributed by atoms with Gasteiger partial charge in [0.1, 0.15) is 0 Å². The van der Waals surface area contributed by atoms with Crippen LogP contribution in [0, 0.1) is 6.92 Å². The van der Waals surface area contributed by atoms with Gasteiger partial charge in [-0.1, -0.05) is 0 Å². The standard InChI is InChI=1S/C14H25N3O3S2/c1-12(20-3)11-22(18,19)17-6-4-5-16(7-8-17)9-14-10-21-13(2)15-14/h10,12H,4-9,11H2,1-3H3/t12-/m0/s1. The lowest BCUT2D eigenvalue weighted by Gasteiger charge is -2.22. The number of thiazole rings is 1. The normalized spacial score (nSPS) is 20.0. The average molecular weight is 348 g/mol. The molecule has 0 amide bonds. The van der Waals surface area contributed by atoms with Gasteiger partial charge in [-0.2, -0.15) is 0 Å². The van der Waals surface area contributed by atoms with E-state index in [1.54, 1.807) is 29.7 Å². The van der Waals surface area contributed by atoms with Crippen LogP contribution in [-0.2, 0) is 21.3 Å². The highest BCUT2D eigenvalue weighted by Gasteiger charge is 2.27. The van der Waals surface area contributed by atoms with E-state index < -0.39 is 10.0 Å². The van der Waals surface area contributed by atoms with Crippen LogP contribution in [0.2, 0.25) is 0 Å². The molecule has 0 unspecified atom stereocenters. The summed E-state index contributed by atoms with van der Waals surface area (Å²) in [7, 11) is -1.70. The van der Waals surface area contributed by atoms with Crippen LogP contribution in [0.25, 0.3) is 0 Å². The summed E-state index contributed by atoms with van der Waals surface area (Å²) in [6, 6.07) is 0. The fourth-order valence-corrected chi connectivity index (χ4v) is 4.87. The second kappa shape index (κ2) is 7.83. The van der Waals surface area contributed by atoms with Crippen molar-refractivity contribution in [3.8, 4) is 0 Å². The Hall–Kier alpha value is -0.540. The van der Waals surface area contributed by atoms with Crippen molar-refractivity contribution in [1.82, 2.24) is 14.2 Å². The number of aryl methyl sites for hydroxylation is 1. The monoisotopic (exact) mass is 347 g/mol. The number of nitrogens with zero attached hydrogens (tertiary/aromatic N) is 3. The molecule has 0 aromatic carbocycles. The van der Waals surface area contributed by atoms with Crippen molar-refractivity contribution in [1.29, 1.82) is 0 Å². The highest BCUT2D eigenvalue weighted by Crippen LogP contribution is 2.14. The first kappa shape index (κ1) is 17.8. The molecule has 1 fully saturated rings. The Morgan fingerprint density at radius 2 is 2.14 bits per heavy atom. The number of hydrogen-bond acceptors (Lipinski definition) is 6. The van der Waals surface area contributed by atoms with E-state index in [0.29, 0.717) is 13.1 Å². The minimum atomic E-state index is -3.24. The molecule has 6 nitrogen and oxygen atoms in total. The minimum Gasteiger partial charge on any atom is -0.381 e. The van der Waals surface area contributed by atoms with Gasteiger partial charge in [0.05, 0.1) is 22.6 Å². The quantitative estimate of drug-likeness (QED) is 0.777. The summed E-state index contributed by atoms with van der Waals surface area (Å²) in [6.07, 6.45) is 0.575. The second-order valence-electron chi connectivity index (χ2n) is 5.71. The summed E-state index contributed by atoms with van der Waals surface area (Å²) in [5.74, 6) is 0.0504. The lowest BCUT2D eigenvalue weighted by molar-refractivity contribution is 0.135. The summed E-state index contributed by atoms with van der Waals surface area (Å²) >= 11 is 1.65. The third-order valence-electron chi connectivity index (χ3n) is 3.84. The first-order valence-corrected chi connectivity index (χ1v) is 10.0. The van der Waals surface area contributed by atoms with Crippen LogP contribution in [-0.4, -0.2) is 67.8 Å². The number of aromatic nitrogens is 1. The molecule has 1 aromatic rings. The lowest BCUT2D eigenvalue weighted by Crippen LogP contribution is -2.39. The molecule has 2 heterocycles. The van der Waals surface area contributed by atoms with Crippen molar-refractivity contribution in [3.63, 3.8) is 0 Å². The average Bonchev–Trinajstić information content (AvgIpc) is 2.72. The van der Waals surface area contributed by atoms with Gasteiger partial charge >= 0.3 is 0 Å². The predicted molar refractivity (Wildman–Crippen MR) is 88.6 cm³/mol. The predicted octanol–water partition coefficient (Wildman–Crippen LogP) is 1.32. The molecule has 1 aliphatic rings. The summed E-state index contributed by atoms with van der Waals surface area (Å²) in [4.78, 5) is 6.76. The molecular weight excluding hydrogens is 322 g/mol. The van der Waals surface area contributed by atoms with E-state index in [9.17, 15) is 8.42 Å². The minimum absolute atomic E-state index is 0.0504. The van der Waals surface area contributed by atoms with Crippen LogP contribution in [0.1, 0.15) is 24.0 Å². The van der Waals surface area contributed by atoms with E-state index in [2.05, 4.69) is 15.3 Å². The van der Waals surface area contributed by atoms with Gasteiger partial charge in [-0.25, -0.2) is 17.7 Å². The van der Waals surface area contributed by atoms with Crippen LogP contribution < -0.4 is 0 Å². The van der Waals surface area contributed by atoms with Gasteiger partial charge in [0.15, 0.2) is 0 Å². The molecule has 1 aliphatic heterocycles. The largest absolute Gasteiger partial charge is 0.381 e. The molecule has 0 N–H and O–H groups in total. The lowest BCUT2D eigenvalue weighted by atomic mass is 10.3. The first-order chi connectivity index (χ1) is 10.4. The van der Waals surface area contributed by atoms with Gasteiger partial charge < -0.3 is 4.74 Å². The van der Waals surface area contributed by atoms with Crippen LogP contribution in [0.3, 0.4) is 0 Å². The van der Waals surface area contributed by atoms with Gasteiger partial charge in [0.2, 0.25) is 10.0 Å². The fraction of sp³-hybridized carbons (Fsp3) is 0.786. The molecule has 126 valence electrons. The number of hydrogen-bond donors (Lipinski definition) is 0. The Kier molecular flexibility index (Phi) is 6.34. The SMILES string of the molecule is CO[C@@H](C)CS(=O)(=O)N1CCCN(Cc2csc(C)n2)CC1. The zero-order valence-electron chi connectivity index (χ0n) is 13.5. The maximum Gasteiger partial charge on any atom is 0.216 e. The maximum absolute atomic E-state index is 12.4. The van der Waals surface area contributed by atoms with Crippen molar-refractivity contribution < 1.29 is 13.2 Å². The summed E-state index contributed by atoms with van der Waals surface area (Å²) in [5, 5.41) is 3.15. The van der Waals surface area contributed by atoms with Crippen LogP contribution in [0.4, 0.5) is 0 Å². The zero-order chi connectivity index (χ0) is 16.2. The van der Waals surface area contributed by atoms with E-state index in [1.807, 2.05) is 6.92 Å². The summed E-state index contributed by atoms with van der Waals surface area (Å²) in [5.41, 5.74) is 1.08. The summed E-state index contributed by atoms with van der Waals surface area (Å²) < 4.78 is 31.5. The number of ether oxygens (including phenoxy) is 1. The highest BCUT2D eigenvalue weighted by atomic mass is 32.2. The summed E-state index contributed by atoms with van der Waals surface area (Å²) in [6.45, 7) is 7.37. The third-order valence-corrected chi connectivity index (χ3v) is 6.71. The molecule has 0 spiro atoms.